The number of ether oxygens (including phenoxy) is 1. The van der Waals surface area contributed by atoms with Gasteiger partial charge < -0.3 is 4.74 Å². The first-order valence-electron chi connectivity index (χ1n) is 5.35. The molecule has 0 fully saturated rings. The quantitative estimate of drug-likeness (QED) is 0.591. The van der Waals surface area contributed by atoms with Gasteiger partial charge in [-0.1, -0.05) is 29.3 Å². The van der Waals surface area contributed by atoms with Crippen molar-refractivity contribution in [2.45, 2.75) is 6.92 Å². The molecule has 98 valence electrons. The average molecular weight is 298 g/mol. The molecule has 0 heterocycles. The van der Waals surface area contributed by atoms with E-state index >= 15 is 0 Å². The van der Waals surface area contributed by atoms with Gasteiger partial charge in [0.25, 0.3) is 5.69 Å². The maximum Gasteiger partial charge on any atom is 0.271 e. The molecule has 2 aromatic rings. The van der Waals surface area contributed by atoms with Crippen LogP contribution in [-0.2, 0) is 0 Å². The van der Waals surface area contributed by atoms with Crippen molar-refractivity contribution in [3.8, 4) is 11.5 Å². The van der Waals surface area contributed by atoms with Crippen LogP contribution in [0.2, 0.25) is 10.0 Å². The van der Waals surface area contributed by atoms with Gasteiger partial charge in [0, 0.05) is 12.1 Å². The SMILES string of the molecule is Cc1ccc(Cl)c(Oc2ccc([N+](=O)[O-])cc2Cl)c1. The molecule has 6 heteroatoms. The standard InChI is InChI=1S/C13H9Cl2NO3/c1-8-2-4-10(14)13(6-8)19-12-5-3-9(16(17)18)7-11(12)15/h2-7H,1H3. The number of rotatable bonds is 3. The first kappa shape index (κ1) is 13.6. The lowest BCUT2D eigenvalue weighted by Gasteiger charge is -2.09. The number of nitrogens with zero attached hydrogens (tertiary/aromatic N) is 1. The van der Waals surface area contributed by atoms with Gasteiger partial charge >= 0.3 is 0 Å². The van der Waals surface area contributed by atoms with E-state index < -0.39 is 4.92 Å². The minimum Gasteiger partial charge on any atom is -0.454 e. The smallest absolute Gasteiger partial charge is 0.271 e. The lowest BCUT2D eigenvalue weighted by atomic mass is 10.2. The monoisotopic (exact) mass is 297 g/mol. The Kier molecular flexibility index (Phi) is 3.93. The van der Waals surface area contributed by atoms with Crippen LogP contribution < -0.4 is 4.74 Å². The van der Waals surface area contributed by atoms with Gasteiger partial charge in [0.15, 0.2) is 0 Å². The summed E-state index contributed by atoms with van der Waals surface area (Å²) in [7, 11) is 0. The van der Waals surface area contributed by atoms with E-state index in [0.717, 1.165) is 5.56 Å². The Labute approximate surface area is 119 Å². The first-order valence-corrected chi connectivity index (χ1v) is 6.11. The Hall–Kier alpha value is -1.78. The van der Waals surface area contributed by atoms with Crippen molar-refractivity contribution >= 4 is 28.9 Å². The number of nitro benzene ring substituents is 1. The summed E-state index contributed by atoms with van der Waals surface area (Å²) in [4.78, 5) is 10.1. The van der Waals surface area contributed by atoms with Crippen LogP contribution in [0.15, 0.2) is 36.4 Å². The minimum atomic E-state index is -0.519. The van der Waals surface area contributed by atoms with E-state index in [1.165, 1.54) is 18.2 Å². The lowest BCUT2D eigenvalue weighted by Crippen LogP contribution is -1.90. The molecule has 0 spiro atoms. The van der Waals surface area contributed by atoms with Crippen LogP contribution >= 0.6 is 23.2 Å². The Morgan fingerprint density at radius 2 is 1.79 bits per heavy atom. The molecule has 0 N–H and O–H groups in total. The van der Waals surface area contributed by atoms with Gasteiger partial charge in [0.1, 0.15) is 11.5 Å². The van der Waals surface area contributed by atoms with E-state index in [0.29, 0.717) is 16.5 Å². The Bertz CT molecular complexity index is 644. The second kappa shape index (κ2) is 5.47. The highest BCUT2D eigenvalue weighted by atomic mass is 35.5. The molecule has 0 aliphatic carbocycles. The van der Waals surface area contributed by atoms with Crippen LogP contribution in [0.3, 0.4) is 0 Å². The average Bonchev–Trinajstić information content (AvgIpc) is 2.36. The summed E-state index contributed by atoms with van der Waals surface area (Å²) >= 11 is 11.9. The molecular formula is C13H9Cl2NO3. The number of nitro groups is 1. The van der Waals surface area contributed by atoms with Crippen molar-refractivity contribution in [3.63, 3.8) is 0 Å². The van der Waals surface area contributed by atoms with Crippen LogP contribution in [0.1, 0.15) is 5.56 Å². The summed E-state index contributed by atoms with van der Waals surface area (Å²) in [5, 5.41) is 11.2. The number of hydrogen-bond donors (Lipinski definition) is 0. The molecule has 0 amide bonds. The third kappa shape index (κ3) is 3.16. The van der Waals surface area contributed by atoms with Crippen LogP contribution in [0.4, 0.5) is 5.69 Å². The van der Waals surface area contributed by atoms with Gasteiger partial charge in [0.2, 0.25) is 0 Å². The van der Waals surface area contributed by atoms with E-state index in [-0.39, 0.29) is 10.7 Å². The maximum atomic E-state index is 10.6. The zero-order valence-corrected chi connectivity index (χ0v) is 11.4. The second-order valence-electron chi connectivity index (χ2n) is 3.91. The third-order valence-corrected chi connectivity index (χ3v) is 3.04. The Morgan fingerprint density at radius 3 is 2.42 bits per heavy atom. The van der Waals surface area contributed by atoms with Crippen LogP contribution in [-0.4, -0.2) is 4.92 Å². The molecular weight excluding hydrogens is 289 g/mol. The molecule has 0 aliphatic heterocycles. The summed E-state index contributed by atoms with van der Waals surface area (Å²) in [5.41, 5.74) is 0.894. The van der Waals surface area contributed by atoms with E-state index in [9.17, 15) is 10.1 Å². The van der Waals surface area contributed by atoms with Crippen molar-refractivity contribution in [1.82, 2.24) is 0 Å². The minimum absolute atomic E-state index is 0.0901. The third-order valence-electron chi connectivity index (χ3n) is 2.43. The van der Waals surface area contributed by atoms with Crippen molar-refractivity contribution in [2.75, 3.05) is 0 Å². The molecule has 0 saturated heterocycles. The first-order chi connectivity index (χ1) is 8.97. The van der Waals surface area contributed by atoms with Gasteiger partial charge in [-0.05, 0) is 30.7 Å². The maximum absolute atomic E-state index is 10.6. The Balaban J connectivity index is 2.33. The molecule has 0 aromatic heterocycles. The molecule has 0 bridgehead atoms. The summed E-state index contributed by atoms with van der Waals surface area (Å²) in [5.74, 6) is 0.775. The van der Waals surface area contributed by atoms with E-state index in [4.69, 9.17) is 27.9 Å². The summed E-state index contributed by atoms with van der Waals surface area (Å²) < 4.78 is 5.57. The van der Waals surface area contributed by atoms with Crippen molar-refractivity contribution in [3.05, 3.63) is 62.1 Å². The van der Waals surface area contributed by atoms with Gasteiger partial charge in [-0.25, -0.2) is 0 Å². The molecule has 0 atom stereocenters. The fraction of sp³-hybridized carbons (Fsp3) is 0.0769. The number of benzene rings is 2. The van der Waals surface area contributed by atoms with Gasteiger partial charge in [-0.15, -0.1) is 0 Å². The van der Waals surface area contributed by atoms with Crippen LogP contribution in [0.5, 0.6) is 11.5 Å². The normalized spacial score (nSPS) is 10.3. The molecule has 0 radical (unpaired) electrons. The summed E-state index contributed by atoms with van der Waals surface area (Å²) in [6.45, 7) is 1.90. The predicted molar refractivity (Wildman–Crippen MR) is 74.4 cm³/mol. The van der Waals surface area contributed by atoms with Gasteiger partial charge in [0.05, 0.1) is 15.0 Å². The zero-order valence-electron chi connectivity index (χ0n) is 9.89. The molecule has 0 saturated carbocycles. The molecule has 4 nitrogen and oxygen atoms in total. The highest BCUT2D eigenvalue weighted by Gasteiger charge is 2.12. The number of non-ortho nitro benzene ring substituents is 1. The van der Waals surface area contributed by atoms with E-state index in [1.807, 2.05) is 13.0 Å². The fourth-order valence-electron chi connectivity index (χ4n) is 1.49. The number of hydrogen-bond acceptors (Lipinski definition) is 3. The predicted octanol–water partition coefficient (Wildman–Crippen LogP) is 5.00. The Morgan fingerprint density at radius 1 is 1.05 bits per heavy atom. The largest absolute Gasteiger partial charge is 0.454 e. The van der Waals surface area contributed by atoms with E-state index in [1.54, 1.807) is 12.1 Å². The fourth-order valence-corrected chi connectivity index (χ4v) is 1.86. The molecule has 2 rings (SSSR count). The molecule has 0 unspecified atom stereocenters. The molecule has 2 aromatic carbocycles. The van der Waals surface area contributed by atoms with Crippen LogP contribution in [0, 0.1) is 17.0 Å². The molecule has 19 heavy (non-hydrogen) atoms. The van der Waals surface area contributed by atoms with Crippen molar-refractivity contribution in [2.24, 2.45) is 0 Å². The van der Waals surface area contributed by atoms with Crippen molar-refractivity contribution < 1.29 is 9.66 Å². The highest BCUT2D eigenvalue weighted by molar-refractivity contribution is 6.33. The van der Waals surface area contributed by atoms with Crippen LogP contribution in [0.25, 0.3) is 0 Å². The van der Waals surface area contributed by atoms with Gasteiger partial charge in [-0.2, -0.15) is 0 Å². The zero-order chi connectivity index (χ0) is 14.0. The van der Waals surface area contributed by atoms with Crippen molar-refractivity contribution in [1.29, 1.82) is 0 Å². The summed E-state index contributed by atoms with van der Waals surface area (Å²) in [6.07, 6.45) is 0. The topological polar surface area (TPSA) is 52.4 Å². The highest BCUT2D eigenvalue weighted by Crippen LogP contribution is 2.35. The van der Waals surface area contributed by atoms with Gasteiger partial charge in [-0.3, -0.25) is 10.1 Å². The molecule has 0 aliphatic rings. The second-order valence-corrected chi connectivity index (χ2v) is 4.72. The van der Waals surface area contributed by atoms with E-state index in [2.05, 4.69) is 0 Å². The summed E-state index contributed by atoms with van der Waals surface area (Å²) in [6, 6.07) is 9.34. The lowest BCUT2D eigenvalue weighted by molar-refractivity contribution is -0.384. The number of halogens is 2. The number of aryl methyl sites for hydroxylation is 1.